The molecule has 0 unspecified atom stereocenters. The molecule has 3 nitrogen and oxygen atoms in total. The third-order valence-corrected chi connectivity index (χ3v) is 4.94. The Morgan fingerprint density at radius 2 is 1.45 bits per heavy atom. The lowest BCUT2D eigenvalue weighted by Gasteiger charge is -2.21. The van der Waals surface area contributed by atoms with Gasteiger partial charge in [-0.3, -0.25) is 4.79 Å². The van der Waals surface area contributed by atoms with Crippen LogP contribution in [-0.2, 0) is 10.2 Å². The van der Waals surface area contributed by atoms with Crippen LogP contribution in [0.2, 0.25) is 0 Å². The summed E-state index contributed by atoms with van der Waals surface area (Å²) in [4.78, 5) is 12.6. The number of amides is 1. The summed E-state index contributed by atoms with van der Waals surface area (Å²) in [5.41, 5.74) is 4.60. The summed E-state index contributed by atoms with van der Waals surface area (Å²) >= 11 is 0. The fourth-order valence-corrected chi connectivity index (χ4v) is 3.17. The Morgan fingerprint density at radius 1 is 0.862 bits per heavy atom. The van der Waals surface area contributed by atoms with Crippen molar-refractivity contribution in [2.24, 2.45) is 0 Å². The van der Waals surface area contributed by atoms with Gasteiger partial charge in [-0.1, -0.05) is 93.1 Å². The van der Waals surface area contributed by atoms with Gasteiger partial charge < -0.3 is 10.1 Å². The van der Waals surface area contributed by atoms with E-state index < -0.39 is 0 Å². The molecule has 3 heteroatoms. The second-order valence-corrected chi connectivity index (χ2v) is 8.38. The maximum atomic E-state index is 12.6. The van der Waals surface area contributed by atoms with Gasteiger partial charge in [-0.2, -0.15) is 0 Å². The molecule has 0 fully saturated rings. The Balaban J connectivity index is 1.68. The van der Waals surface area contributed by atoms with Crippen LogP contribution in [0.5, 0.6) is 5.75 Å². The zero-order valence-electron chi connectivity index (χ0n) is 17.6. The number of rotatable bonds is 6. The Morgan fingerprint density at radius 3 is 2.03 bits per heavy atom. The van der Waals surface area contributed by atoms with Crippen LogP contribution in [0, 0.1) is 6.92 Å². The molecule has 0 radical (unpaired) electrons. The van der Waals surface area contributed by atoms with E-state index in [9.17, 15) is 4.79 Å². The average molecular weight is 388 g/mol. The van der Waals surface area contributed by atoms with Crippen molar-refractivity contribution >= 4 is 5.91 Å². The minimum Gasteiger partial charge on any atom is -0.484 e. The quantitative estimate of drug-likeness (QED) is 0.600. The molecule has 29 heavy (non-hydrogen) atoms. The lowest BCUT2D eigenvalue weighted by Crippen LogP contribution is -2.33. The van der Waals surface area contributed by atoms with Gasteiger partial charge in [0.05, 0.1) is 6.04 Å². The van der Waals surface area contributed by atoms with E-state index in [0.717, 1.165) is 11.1 Å². The van der Waals surface area contributed by atoms with Crippen molar-refractivity contribution in [3.05, 3.63) is 101 Å². The number of ether oxygens (including phenoxy) is 1. The van der Waals surface area contributed by atoms with E-state index in [4.69, 9.17) is 4.74 Å². The standard InChI is InChI=1S/C26H29NO2/c1-19-10-12-21(13-11-19)25(20-8-6-5-7-9-20)27-24(28)18-29-23-16-14-22(15-17-23)26(2,3)4/h5-17,25H,18H2,1-4H3,(H,27,28)/t25-/m0/s1. The monoisotopic (exact) mass is 387 g/mol. The summed E-state index contributed by atoms with van der Waals surface area (Å²) in [6.07, 6.45) is 0. The molecule has 0 saturated heterocycles. The van der Waals surface area contributed by atoms with E-state index >= 15 is 0 Å². The molecule has 0 aliphatic carbocycles. The van der Waals surface area contributed by atoms with Crippen LogP contribution < -0.4 is 10.1 Å². The first-order valence-electron chi connectivity index (χ1n) is 9.97. The molecule has 1 amide bonds. The molecule has 3 rings (SSSR count). The summed E-state index contributed by atoms with van der Waals surface area (Å²) in [6, 6.07) is 25.9. The first-order chi connectivity index (χ1) is 13.8. The Bertz CT molecular complexity index is 923. The zero-order valence-corrected chi connectivity index (χ0v) is 17.6. The topological polar surface area (TPSA) is 38.3 Å². The van der Waals surface area contributed by atoms with Gasteiger partial charge in [0.15, 0.2) is 6.61 Å². The molecule has 3 aromatic carbocycles. The molecule has 3 aromatic rings. The highest BCUT2D eigenvalue weighted by Crippen LogP contribution is 2.25. The lowest BCUT2D eigenvalue weighted by molar-refractivity contribution is -0.123. The molecule has 1 N–H and O–H groups in total. The second-order valence-electron chi connectivity index (χ2n) is 8.38. The van der Waals surface area contributed by atoms with Crippen LogP contribution in [-0.4, -0.2) is 12.5 Å². The number of hydrogen-bond acceptors (Lipinski definition) is 2. The summed E-state index contributed by atoms with van der Waals surface area (Å²) in [7, 11) is 0. The van der Waals surface area contributed by atoms with Crippen molar-refractivity contribution < 1.29 is 9.53 Å². The summed E-state index contributed by atoms with van der Waals surface area (Å²) < 4.78 is 5.72. The van der Waals surface area contributed by atoms with Gasteiger partial charge in [-0.05, 0) is 41.2 Å². The number of aryl methyl sites for hydroxylation is 1. The summed E-state index contributed by atoms with van der Waals surface area (Å²) in [5.74, 6) is 0.541. The molecule has 0 saturated carbocycles. The van der Waals surface area contributed by atoms with E-state index in [1.807, 2.05) is 54.6 Å². The highest BCUT2D eigenvalue weighted by Gasteiger charge is 2.17. The van der Waals surface area contributed by atoms with Crippen LogP contribution in [0.15, 0.2) is 78.9 Å². The van der Waals surface area contributed by atoms with Gasteiger partial charge in [0.2, 0.25) is 0 Å². The van der Waals surface area contributed by atoms with Gasteiger partial charge in [0, 0.05) is 0 Å². The zero-order chi connectivity index (χ0) is 20.9. The minimum absolute atomic E-state index is 0.0238. The first-order valence-corrected chi connectivity index (χ1v) is 9.97. The summed E-state index contributed by atoms with van der Waals surface area (Å²) in [5, 5.41) is 3.11. The smallest absolute Gasteiger partial charge is 0.258 e. The van der Waals surface area contributed by atoms with Gasteiger partial charge in [0.1, 0.15) is 5.75 Å². The molecule has 0 bridgehead atoms. The fraction of sp³-hybridized carbons (Fsp3) is 0.269. The predicted molar refractivity (Wildman–Crippen MR) is 118 cm³/mol. The molecule has 150 valence electrons. The van der Waals surface area contributed by atoms with Crippen LogP contribution in [0.3, 0.4) is 0 Å². The van der Waals surface area contributed by atoms with Gasteiger partial charge in [0.25, 0.3) is 5.91 Å². The van der Waals surface area contributed by atoms with E-state index in [0.29, 0.717) is 5.75 Å². The third-order valence-electron chi connectivity index (χ3n) is 4.94. The molecule has 0 aromatic heterocycles. The molecule has 1 atom stereocenters. The molecule has 0 heterocycles. The van der Waals surface area contributed by atoms with Gasteiger partial charge >= 0.3 is 0 Å². The summed E-state index contributed by atoms with van der Waals surface area (Å²) in [6.45, 7) is 8.55. The average Bonchev–Trinajstić information content (AvgIpc) is 2.71. The SMILES string of the molecule is Cc1ccc([C@@H](NC(=O)COc2ccc(C(C)(C)C)cc2)c2ccccc2)cc1. The van der Waals surface area contributed by atoms with Gasteiger partial charge in [-0.15, -0.1) is 0 Å². The van der Waals surface area contributed by atoms with Crippen molar-refractivity contribution in [2.75, 3.05) is 6.61 Å². The van der Waals surface area contributed by atoms with Crippen LogP contribution in [0.4, 0.5) is 0 Å². The fourth-order valence-electron chi connectivity index (χ4n) is 3.17. The van der Waals surface area contributed by atoms with E-state index in [2.05, 4.69) is 57.3 Å². The number of carbonyl (C=O) groups excluding carboxylic acids is 1. The number of benzene rings is 3. The highest BCUT2D eigenvalue weighted by atomic mass is 16.5. The molecular formula is C26H29NO2. The lowest BCUT2D eigenvalue weighted by atomic mass is 9.87. The van der Waals surface area contributed by atoms with E-state index in [1.165, 1.54) is 11.1 Å². The van der Waals surface area contributed by atoms with Crippen molar-refractivity contribution in [3.63, 3.8) is 0 Å². The van der Waals surface area contributed by atoms with Crippen molar-refractivity contribution in [2.45, 2.75) is 39.2 Å². The van der Waals surface area contributed by atoms with Crippen LogP contribution >= 0.6 is 0 Å². The maximum Gasteiger partial charge on any atom is 0.258 e. The molecular weight excluding hydrogens is 358 g/mol. The molecule has 0 spiro atoms. The second kappa shape index (κ2) is 8.95. The Hall–Kier alpha value is -3.07. The van der Waals surface area contributed by atoms with Crippen LogP contribution in [0.25, 0.3) is 0 Å². The molecule has 0 aliphatic heterocycles. The maximum absolute atomic E-state index is 12.6. The Labute approximate surface area is 173 Å². The van der Waals surface area contributed by atoms with Crippen molar-refractivity contribution in [1.82, 2.24) is 5.32 Å². The number of nitrogens with one attached hydrogen (secondary N) is 1. The predicted octanol–water partition coefficient (Wildman–Crippen LogP) is 5.58. The molecule has 0 aliphatic rings. The Kier molecular flexibility index (Phi) is 6.38. The number of carbonyl (C=O) groups is 1. The van der Waals surface area contributed by atoms with Crippen LogP contribution in [0.1, 0.15) is 49.1 Å². The minimum atomic E-state index is -0.212. The number of hydrogen-bond donors (Lipinski definition) is 1. The van der Waals surface area contributed by atoms with E-state index in [-0.39, 0.29) is 24.0 Å². The van der Waals surface area contributed by atoms with E-state index in [1.54, 1.807) is 0 Å². The third kappa shape index (κ3) is 5.71. The largest absolute Gasteiger partial charge is 0.484 e. The van der Waals surface area contributed by atoms with Crippen molar-refractivity contribution in [3.8, 4) is 5.75 Å². The van der Waals surface area contributed by atoms with Crippen molar-refractivity contribution in [1.29, 1.82) is 0 Å². The van der Waals surface area contributed by atoms with Gasteiger partial charge in [-0.25, -0.2) is 0 Å². The first kappa shape index (κ1) is 20.7. The highest BCUT2D eigenvalue weighted by molar-refractivity contribution is 5.78. The normalized spacial score (nSPS) is 12.3.